The van der Waals surface area contributed by atoms with E-state index in [1.54, 1.807) is 0 Å². The molecule has 1 unspecified atom stereocenters. The Balaban J connectivity index is 1.62. The van der Waals surface area contributed by atoms with E-state index in [9.17, 15) is 0 Å². The summed E-state index contributed by atoms with van der Waals surface area (Å²) in [5, 5.41) is 3.54. The molecule has 112 valence electrons. The summed E-state index contributed by atoms with van der Waals surface area (Å²) in [4.78, 5) is 6.67. The summed E-state index contributed by atoms with van der Waals surface area (Å²) in [6.07, 6.45) is 6.30. The molecule has 0 aliphatic carbocycles. The molecule has 1 N–H and O–H groups in total. The van der Waals surface area contributed by atoms with Crippen LogP contribution in [-0.4, -0.2) is 29.5 Å². The molecule has 0 radical (unpaired) electrons. The Morgan fingerprint density at radius 1 is 1.29 bits per heavy atom. The van der Waals surface area contributed by atoms with Gasteiger partial charge in [0.05, 0.1) is 6.04 Å². The zero-order chi connectivity index (χ0) is 14.5. The molecular formula is C17H23N3O. The summed E-state index contributed by atoms with van der Waals surface area (Å²) in [5.41, 5.74) is 1.22. The number of rotatable bonds is 6. The lowest BCUT2D eigenvalue weighted by atomic mass is 10.2. The van der Waals surface area contributed by atoms with Crippen molar-refractivity contribution in [2.24, 2.45) is 0 Å². The molecular weight excluding hydrogens is 262 g/mol. The first-order valence-corrected chi connectivity index (χ1v) is 7.73. The van der Waals surface area contributed by atoms with Crippen LogP contribution in [0.15, 0.2) is 41.1 Å². The summed E-state index contributed by atoms with van der Waals surface area (Å²) in [6.45, 7) is 6.09. The van der Waals surface area contributed by atoms with Gasteiger partial charge in [-0.25, -0.2) is 0 Å². The summed E-state index contributed by atoms with van der Waals surface area (Å²) in [7, 11) is 0. The second-order valence-electron chi connectivity index (χ2n) is 5.70. The van der Waals surface area contributed by atoms with Crippen LogP contribution < -0.4 is 5.32 Å². The Kier molecular flexibility index (Phi) is 4.68. The van der Waals surface area contributed by atoms with E-state index in [-0.39, 0.29) is 0 Å². The molecule has 1 aliphatic heterocycles. The predicted molar refractivity (Wildman–Crippen MR) is 82.9 cm³/mol. The third-order valence-electron chi connectivity index (χ3n) is 4.06. The van der Waals surface area contributed by atoms with Gasteiger partial charge >= 0.3 is 0 Å². The van der Waals surface area contributed by atoms with Gasteiger partial charge in [-0.05, 0) is 56.6 Å². The Morgan fingerprint density at radius 2 is 2.14 bits per heavy atom. The van der Waals surface area contributed by atoms with E-state index < -0.39 is 0 Å². The summed E-state index contributed by atoms with van der Waals surface area (Å²) in [6, 6.07) is 8.58. The van der Waals surface area contributed by atoms with E-state index in [0.717, 1.165) is 24.6 Å². The van der Waals surface area contributed by atoms with Crippen LogP contribution in [-0.2, 0) is 6.54 Å². The Hall–Kier alpha value is -1.65. The molecule has 4 nitrogen and oxygen atoms in total. The van der Waals surface area contributed by atoms with Crippen LogP contribution in [0.3, 0.4) is 0 Å². The predicted octanol–water partition coefficient (Wildman–Crippen LogP) is 2.91. The SMILES string of the molecule is Cc1ccc(C(CNCc2cccnc2)N2CCCC2)o1. The van der Waals surface area contributed by atoms with Gasteiger partial charge in [0.15, 0.2) is 0 Å². The molecule has 3 heterocycles. The molecule has 0 bridgehead atoms. The lowest BCUT2D eigenvalue weighted by Gasteiger charge is -2.26. The van der Waals surface area contributed by atoms with Crippen molar-refractivity contribution in [3.8, 4) is 0 Å². The second-order valence-corrected chi connectivity index (χ2v) is 5.70. The highest BCUT2D eigenvalue weighted by Gasteiger charge is 2.25. The molecule has 0 aromatic carbocycles. The van der Waals surface area contributed by atoms with Gasteiger partial charge in [0.25, 0.3) is 0 Å². The van der Waals surface area contributed by atoms with Gasteiger partial charge in [-0.3, -0.25) is 9.88 Å². The van der Waals surface area contributed by atoms with Crippen LogP contribution in [0.25, 0.3) is 0 Å². The van der Waals surface area contributed by atoms with Gasteiger partial charge in [-0.2, -0.15) is 0 Å². The zero-order valence-electron chi connectivity index (χ0n) is 12.6. The monoisotopic (exact) mass is 285 g/mol. The minimum Gasteiger partial charge on any atom is -0.465 e. The number of hydrogen-bond acceptors (Lipinski definition) is 4. The van der Waals surface area contributed by atoms with Crippen molar-refractivity contribution in [3.05, 3.63) is 53.7 Å². The minimum absolute atomic E-state index is 0.331. The number of nitrogens with zero attached hydrogens (tertiary/aromatic N) is 2. The van der Waals surface area contributed by atoms with Crippen LogP contribution >= 0.6 is 0 Å². The van der Waals surface area contributed by atoms with Gasteiger partial charge in [0.2, 0.25) is 0 Å². The highest BCUT2D eigenvalue weighted by atomic mass is 16.3. The second kappa shape index (κ2) is 6.87. The molecule has 1 aliphatic rings. The highest BCUT2D eigenvalue weighted by Crippen LogP contribution is 2.26. The first kappa shape index (κ1) is 14.3. The summed E-state index contributed by atoms with van der Waals surface area (Å²) < 4.78 is 5.87. The van der Waals surface area contributed by atoms with E-state index in [2.05, 4.69) is 33.4 Å². The summed E-state index contributed by atoms with van der Waals surface area (Å²) >= 11 is 0. The minimum atomic E-state index is 0.331. The maximum Gasteiger partial charge on any atom is 0.122 e. The molecule has 4 heteroatoms. The molecule has 0 saturated carbocycles. The third kappa shape index (κ3) is 3.71. The van der Waals surface area contributed by atoms with Gasteiger partial charge in [0.1, 0.15) is 11.5 Å². The van der Waals surface area contributed by atoms with Crippen molar-refractivity contribution in [2.45, 2.75) is 32.4 Å². The first-order valence-electron chi connectivity index (χ1n) is 7.73. The normalized spacial score (nSPS) is 17.2. The lowest BCUT2D eigenvalue weighted by molar-refractivity contribution is 0.207. The number of pyridine rings is 1. The van der Waals surface area contributed by atoms with Crippen LogP contribution in [0.5, 0.6) is 0 Å². The molecule has 2 aromatic rings. The van der Waals surface area contributed by atoms with Crippen molar-refractivity contribution in [2.75, 3.05) is 19.6 Å². The highest BCUT2D eigenvalue weighted by molar-refractivity contribution is 5.12. The molecule has 1 fully saturated rings. The van der Waals surface area contributed by atoms with E-state index in [4.69, 9.17) is 4.42 Å². The average molecular weight is 285 g/mol. The molecule has 0 amide bonds. The third-order valence-corrected chi connectivity index (χ3v) is 4.06. The van der Waals surface area contributed by atoms with E-state index in [0.29, 0.717) is 6.04 Å². The van der Waals surface area contributed by atoms with E-state index in [1.165, 1.54) is 31.5 Å². The number of likely N-dealkylation sites (tertiary alicyclic amines) is 1. The van der Waals surface area contributed by atoms with Crippen molar-refractivity contribution >= 4 is 0 Å². The number of aromatic nitrogens is 1. The fourth-order valence-electron chi connectivity index (χ4n) is 2.95. The van der Waals surface area contributed by atoms with Gasteiger partial charge in [0, 0.05) is 25.5 Å². The van der Waals surface area contributed by atoms with Crippen molar-refractivity contribution in [1.82, 2.24) is 15.2 Å². The molecule has 1 saturated heterocycles. The number of nitrogens with one attached hydrogen (secondary N) is 1. The standard InChI is InChI=1S/C17H23N3O/c1-14-6-7-17(21-14)16(20-9-2-3-10-20)13-19-12-15-5-4-8-18-11-15/h4-8,11,16,19H,2-3,9-10,12-13H2,1H3. The molecule has 2 aromatic heterocycles. The summed E-state index contributed by atoms with van der Waals surface area (Å²) in [5.74, 6) is 2.06. The van der Waals surface area contributed by atoms with Gasteiger partial charge < -0.3 is 9.73 Å². The number of furan rings is 1. The number of aryl methyl sites for hydroxylation is 1. The van der Waals surface area contributed by atoms with Crippen LogP contribution in [0.4, 0.5) is 0 Å². The Morgan fingerprint density at radius 3 is 2.81 bits per heavy atom. The molecule has 21 heavy (non-hydrogen) atoms. The zero-order valence-corrected chi connectivity index (χ0v) is 12.6. The quantitative estimate of drug-likeness (QED) is 0.886. The van der Waals surface area contributed by atoms with Crippen LogP contribution in [0.2, 0.25) is 0 Å². The maximum atomic E-state index is 5.87. The van der Waals surface area contributed by atoms with E-state index in [1.807, 2.05) is 25.4 Å². The van der Waals surface area contributed by atoms with E-state index >= 15 is 0 Å². The van der Waals surface area contributed by atoms with Gasteiger partial charge in [-0.1, -0.05) is 6.07 Å². The topological polar surface area (TPSA) is 41.3 Å². The van der Waals surface area contributed by atoms with Crippen LogP contribution in [0, 0.1) is 6.92 Å². The van der Waals surface area contributed by atoms with Crippen molar-refractivity contribution < 1.29 is 4.42 Å². The smallest absolute Gasteiger partial charge is 0.122 e. The van der Waals surface area contributed by atoms with Crippen LogP contribution in [0.1, 0.15) is 36.0 Å². The maximum absolute atomic E-state index is 5.87. The molecule has 1 atom stereocenters. The van der Waals surface area contributed by atoms with Crippen molar-refractivity contribution in [3.63, 3.8) is 0 Å². The van der Waals surface area contributed by atoms with Crippen molar-refractivity contribution in [1.29, 1.82) is 0 Å². The van der Waals surface area contributed by atoms with Gasteiger partial charge in [-0.15, -0.1) is 0 Å². The first-order chi connectivity index (χ1) is 10.3. The lowest BCUT2D eigenvalue weighted by Crippen LogP contribution is -2.33. The largest absolute Gasteiger partial charge is 0.465 e. The average Bonchev–Trinajstić information content (AvgIpc) is 3.16. The Labute approximate surface area is 126 Å². The molecule has 3 rings (SSSR count). The fourth-order valence-corrected chi connectivity index (χ4v) is 2.95. The fraction of sp³-hybridized carbons (Fsp3) is 0.471. The molecule has 0 spiro atoms. The Bertz CT molecular complexity index is 546. The number of hydrogen-bond donors (Lipinski definition) is 1.